The highest BCUT2D eigenvalue weighted by Crippen LogP contribution is 2.35. The molecule has 1 fully saturated rings. The van der Waals surface area contributed by atoms with Crippen LogP contribution >= 0.6 is 11.5 Å². The first kappa shape index (κ1) is 33.4. The second kappa shape index (κ2) is 14.4. The van der Waals surface area contributed by atoms with Gasteiger partial charge in [-0.3, -0.25) is 19.2 Å². The summed E-state index contributed by atoms with van der Waals surface area (Å²) in [7, 11) is 0. The molecule has 2 aromatic rings. The summed E-state index contributed by atoms with van der Waals surface area (Å²) in [6.07, 6.45) is 4.63. The third kappa shape index (κ3) is 9.71. The molecule has 42 heavy (non-hydrogen) atoms. The van der Waals surface area contributed by atoms with Crippen molar-refractivity contribution in [3.05, 3.63) is 30.3 Å². The SMILES string of the molecule is C[C@H](CC(=O)OC(C)(C)C)C(=O)N[C@H](C(=O)C[C@H](C(=O)Nc1snnc1-c1ccccc1)C(C)(C)C)C1CCCCC1. The fourth-order valence-corrected chi connectivity index (χ4v) is 5.92. The fourth-order valence-electron chi connectivity index (χ4n) is 5.33. The van der Waals surface area contributed by atoms with E-state index >= 15 is 0 Å². The van der Waals surface area contributed by atoms with E-state index in [-0.39, 0.29) is 36.4 Å². The van der Waals surface area contributed by atoms with Crippen LogP contribution in [0.25, 0.3) is 11.3 Å². The van der Waals surface area contributed by atoms with E-state index in [2.05, 4.69) is 20.2 Å². The number of esters is 1. The fraction of sp³-hybridized carbons (Fsp3) is 0.625. The van der Waals surface area contributed by atoms with Crippen LogP contribution in [0.4, 0.5) is 5.00 Å². The molecule has 1 aromatic heterocycles. The standard InChI is InChI=1S/C32H46N4O5S/c1-20(18-25(38)41-32(5,6)7)28(39)33-26(21-14-10-8-11-15-21)24(37)19-23(31(2,3)4)29(40)34-30-27(35-36-42-30)22-16-12-9-13-17-22/h9,12-13,16-17,20-21,23,26H,8,10-11,14-15,18-19H2,1-7H3,(H,33,39)(H,34,40)/t20-,23-,26+/m1/s1. The van der Waals surface area contributed by atoms with Crippen molar-refractivity contribution in [1.29, 1.82) is 0 Å². The lowest BCUT2D eigenvalue weighted by Crippen LogP contribution is -2.50. The Labute approximate surface area is 253 Å². The maximum absolute atomic E-state index is 14.0. The molecular weight excluding hydrogens is 552 g/mol. The molecule has 0 saturated heterocycles. The van der Waals surface area contributed by atoms with Crippen LogP contribution in [0.1, 0.15) is 93.4 Å². The molecule has 9 nitrogen and oxygen atoms in total. The third-order valence-electron chi connectivity index (χ3n) is 7.65. The van der Waals surface area contributed by atoms with Crippen molar-refractivity contribution in [3.63, 3.8) is 0 Å². The molecule has 0 unspecified atom stereocenters. The number of benzene rings is 1. The van der Waals surface area contributed by atoms with Gasteiger partial charge in [0.1, 0.15) is 16.3 Å². The Hall–Kier alpha value is -3.14. The number of anilines is 1. The lowest BCUT2D eigenvalue weighted by molar-refractivity contribution is -0.157. The zero-order valence-electron chi connectivity index (χ0n) is 26.0. The van der Waals surface area contributed by atoms with E-state index < -0.39 is 34.9 Å². The number of rotatable bonds is 11. The molecular formula is C32H46N4O5S. The van der Waals surface area contributed by atoms with Gasteiger partial charge in [-0.1, -0.05) is 81.8 Å². The Morgan fingerprint density at radius 1 is 0.952 bits per heavy atom. The van der Waals surface area contributed by atoms with Crippen molar-refractivity contribution in [1.82, 2.24) is 14.9 Å². The molecule has 3 rings (SSSR count). The number of nitrogens with zero attached hydrogens (tertiary/aromatic N) is 2. The molecule has 0 aliphatic heterocycles. The van der Waals surface area contributed by atoms with Crippen LogP contribution in [0, 0.1) is 23.2 Å². The van der Waals surface area contributed by atoms with Gasteiger partial charge in [0.2, 0.25) is 11.8 Å². The molecule has 1 heterocycles. The van der Waals surface area contributed by atoms with Gasteiger partial charge in [-0.15, -0.1) is 5.10 Å². The van der Waals surface area contributed by atoms with Gasteiger partial charge < -0.3 is 15.4 Å². The first-order valence-corrected chi connectivity index (χ1v) is 15.7. The van der Waals surface area contributed by atoms with E-state index in [1.165, 1.54) is 0 Å². The average molecular weight is 599 g/mol. The Balaban J connectivity index is 1.76. The number of nitrogens with one attached hydrogen (secondary N) is 2. The van der Waals surface area contributed by atoms with Crippen LogP contribution in [-0.4, -0.2) is 44.8 Å². The van der Waals surface area contributed by atoms with Gasteiger partial charge in [-0.05, 0) is 44.9 Å². The maximum Gasteiger partial charge on any atom is 0.307 e. The summed E-state index contributed by atoms with van der Waals surface area (Å²) in [4.78, 5) is 53.2. The number of hydrogen-bond donors (Lipinski definition) is 2. The van der Waals surface area contributed by atoms with E-state index in [0.29, 0.717) is 10.7 Å². The normalized spacial score (nSPS) is 16.6. The quantitative estimate of drug-likeness (QED) is 0.295. The largest absolute Gasteiger partial charge is 0.460 e. The lowest BCUT2D eigenvalue weighted by atomic mass is 9.74. The van der Waals surface area contributed by atoms with Crippen LogP contribution in [0.5, 0.6) is 0 Å². The Kier molecular flexibility index (Phi) is 11.4. The predicted octanol–water partition coefficient (Wildman–Crippen LogP) is 6.20. The number of carbonyl (C=O) groups is 4. The highest BCUT2D eigenvalue weighted by atomic mass is 32.1. The topological polar surface area (TPSA) is 127 Å². The average Bonchev–Trinajstić information content (AvgIpc) is 3.37. The first-order chi connectivity index (χ1) is 19.7. The molecule has 0 bridgehead atoms. The predicted molar refractivity (Wildman–Crippen MR) is 165 cm³/mol. The van der Waals surface area contributed by atoms with Gasteiger partial charge in [0.25, 0.3) is 0 Å². The monoisotopic (exact) mass is 598 g/mol. The summed E-state index contributed by atoms with van der Waals surface area (Å²) in [5.74, 6) is -2.59. The summed E-state index contributed by atoms with van der Waals surface area (Å²) in [5.41, 5.74) is 0.244. The maximum atomic E-state index is 14.0. The number of ketones is 1. The summed E-state index contributed by atoms with van der Waals surface area (Å²) in [5, 5.41) is 10.7. The molecule has 10 heteroatoms. The molecule has 1 aliphatic rings. The number of hydrogen-bond acceptors (Lipinski definition) is 8. The van der Waals surface area contributed by atoms with Crippen LogP contribution < -0.4 is 10.6 Å². The molecule has 2 N–H and O–H groups in total. The number of carbonyl (C=O) groups excluding carboxylic acids is 4. The van der Waals surface area contributed by atoms with E-state index in [1.807, 2.05) is 51.1 Å². The zero-order valence-corrected chi connectivity index (χ0v) is 26.8. The lowest BCUT2D eigenvalue weighted by Gasteiger charge is -2.34. The molecule has 0 radical (unpaired) electrons. The van der Waals surface area contributed by atoms with Gasteiger partial charge in [0.05, 0.1) is 18.4 Å². The van der Waals surface area contributed by atoms with Crippen molar-refractivity contribution < 1.29 is 23.9 Å². The summed E-state index contributed by atoms with van der Waals surface area (Å²) in [6, 6.07) is 8.77. The molecule has 0 spiro atoms. The molecule has 1 aromatic carbocycles. The number of Topliss-reactive ketones (excluding diaryl/α,β-unsaturated/α-hetero) is 1. The minimum atomic E-state index is -0.721. The molecule has 1 saturated carbocycles. The Morgan fingerprint density at radius 2 is 1.60 bits per heavy atom. The Bertz CT molecular complexity index is 1230. The summed E-state index contributed by atoms with van der Waals surface area (Å²) in [6.45, 7) is 12.8. The van der Waals surface area contributed by atoms with E-state index in [0.717, 1.165) is 49.2 Å². The third-order valence-corrected chi connectivity index (χ3v) is 8.29. The van der Waals surface area contributed by atoms with Crippen LogP contribution in [0.2, 0.25) is 0 Å². The first-order valence-electron chi connectivity index (χ1n) is 14.9. The smallest absolute Gasteiger partial charge is 0.307 e. The van der Waals surface area contributed by atoms with Crippen LogP contribution in [-0.2, 0) is 23.9 Å². The number of aromatic nitrogens is 2. The second-order valence-corrected chi connectivity index (χ2v) is 14.2. The highest BCUT2D eigenvalue weighted by molar-refractivity contribution is 7.10. The highest BCUT2D eigenvalue weighted by Gasteiger charge is 2.39. The molecule has 3 atom stereocenters. The molecule has 1 aliphatic carbocycles. The number of ether oxygens (including phenoxy) is 1. The van der Waals surface area contributed by atoms with Gasteiger partial charge >= 0.3 is 5.97 Å². The van der Waals surface area contributed by atoms with Gasteiger partial charge in [-0.2, -0.15) is 0 Å². The molecule has 2 amide bonds. The zero-order chi connectivity index (χ0) is 31.1. The van der Waals surface area contributed by atoms with Gasteiger partial charge in [0, 0.05) is 29.4 Å². The van der Waals surface area contributed by atoms with Crippen LogP contribution in [0.15, 0.2) is 30.3 Å². The van der Waals surface area contributed by atoms with Crippen molar-refractivity contribution in [2.75, 3.05) is 5.32 Å². The van der Waals surface area contributed by atoms with Crippen molar-refractivity contribution in [2.45, 2.75) is 105 Å². The van der Waals surface area contributed by atoms with Crippen molar-refractivity contribution in [2.24, 2.45) is 23.2 Å². The van der Waals surface area contributed by atoms with Crippen molar-refractivity contribution >= 4 is 40.1 Å². The van der Waals surface area contributed by atoms with Crippen molar-refractivity contribution in [3.8, 4) is 11.3 Å². The van der Waals surface area contributed by atoms with E-state index in [1.54, 1.807) is 27.7 Å². The Morgan fingerprint density at radius 3 is 2.19 bits per heavy atom. The van der Waals surface area contributed by atoms with Crippen LogP contribution in [0.3, 0.4) is 0 Å². The van der Waals surface area contributed by atoms with E-state index in [4.69, 9.17) is 4.74 Å². The molecule has 230 valence electrons. The van der Waals surface area contributed by atoms with E-state index in [9.17, 15) is 19.2 Å². The van der Waals surface area contributed by atoms with Gasteiger partial charge in [-0.25, -0.2) is 0 Å². The number of amides is 2. The minimum Gasteiger partial charge on any atom is -0.460 e. The minimum absolute atomic E-state index is 0.0111. The summed E-state index contributed by atoms with van der Waals surface area (Å²) >= 11 is 1.10. The van der Waals surface area contributed by atoms with Gasteiger partial charge in [0.15, 0.2) is 5.78 Å². The second-order valence-electron chi connectivity index (χ2n) is 13.5. The summed E-state index contributed by atoms with van der Waals surface area (Å²) < 4.78 is 9.43.